The van der Waals surface area contributed by atoms with Gasteiger partial charge in [0.25, 0.3) is 11.7 Å². The van der Waals surface area contributed by atoms with Gasteiger partial charge in [-0.2, -0.15) is 0 Å². The molecule has 0 aromatic heterocycles. The Kier molecular flexibility index (Phi) is 6.47. The molecule has 1 saturated heterocycles. The van der Waals surface area contributed by atoms with Gasteiger partial charge in [-0.25, -0.2) is 0 Å². The van der Waals surface area contributed by atoms with Gasteiger partial charge in [-0.05, 0) is 35.9 Å². The van der Waals surface area contributed by atoms with E-state index in [0.29, 0.717) is 21.9 Å². The van der Waals surface area contributed by atoms with E-state index in [0.717, 1.165) is 0 Å². The van der Waals surface area contributed by atoms with Crippen LogP contribution in [0.2, 0.25) is 10.0 Å². The largest absolute Gasteiger partial charge is 0.507 e. The molecule has 1 unspecified atom stereocenters. The van der Waals surface area contributed by atoms with Crippen molar-refractivity contribution in [3.05, 3.63) is 69.2 Å². The second kappa shape index (κ2) is 8.86. The van der Waals surface area contributed by atoms with Crippen LogP contribution in [0.5, 0.6) is 5.75 Å². The molecule has 0 saturated carbocycles. The second-order valence-corrected chi connectivity index (χ2v) is 7.20. The molecule has 0 bridgehead atoms. The van der Waals surface area contributed by atoms with Crippen molar-refractivity contribution >= 4 is 40.7 Å². The Hall–Kier alpha value is -2.54. The number of halogens is 2. The van der Waals surface area contributed by atoms with E-state index in [4.69, 9.17) is 32.7 Å². The molecule has 6 nitrogen and oxygen atoms in total. The smallest absolute Gasteiger partial charge is 0.295 e. The molecule has 1 fully saturated rings. The fraction of sp³-hybridized carbons (Fsp3) is 0.238. The molecular formula is C21H19Cl2NO5. The van der Waals surface area contributed by atoms with Gasteiger partial charge in [0.2, 0.25) is 0 Å². The number of carbonyl (C=O) groups excluding carboxylic acids is 2. The third kappa shape index (κ3) is 4.10. The molecule has 1 N–H and O–H groups in total. The quantitative estimate of drug-likeness (QED) is 0.420. The van der Waals surface area contributed by atoms with Crippen LogP contribution >= 0.6 is 23.2 Å². The molecule has 0 radical (unpaired) electrons. The van der Waals surface area contributed by atoms with Crippen LogP contribution in [-0.4, -0.2) is 49.1 Å². The molecular weight excluding hydrogens is 417 g/mol. The van der Waals surface area contributed by atoms with E-state index in [9.17, 15) is 14.7 Å². The summed E-state index contributed by atoms with van der Waals surface area (Å²) in [5.41, 5.74) is 0.931. The van der Waals surface area contributed by atoms with Crippen LogP contribution in [0.4, 0.5) is 0 Å². The van der Waals surface area contributed by atoms with Crippen LogP contribution in [0.15, 0.2) is 48.0 Å². The normalized spacial score (nSPS) is 18.3. The summed E-state index contributed by atoms with van der Waals surface area (Å²) in [6.07, 6.45) is 0. The van der Waals surface area contributed by atoms with Crippen LogP contribution < -0.4 is 4.74 Å². The topological polar surface area (TPSA) is 76.1 Å². The lowest BCUT2D eigenvalue weighted by Crippen LogP contribution is -2.32. The van der Waals surface area contributed by atoms with Crippen molar-refractivity contribution in [1.29, 1.82) is 0 Å². The SMILES string of the molecule is COCCN1C(=O)C(=O)/C(=C(\O)c2ccc(Cl)c(Cl)c2)C1c1ccc(OC)cc1. The van der Waals surface area contributed by atoms with Crippen molar-refractivity contribution in [3.63, 3.8) is 0 Å². The molecule has 1 aliphatic rings. The van der Waals surface area contributed by atoms with Crippen molar-refractivity contribution < 1.29 is 24.2 Å². The number of hydrogen-bond donors (Lipinski definition) is 1. The van der Waals surface area contributed by atoms with Gasteiger partial charge in [-0.15, -0.1) is 0 Å². The third-order valence-electron chi connectivity index (χ3n) is 4.70. The Bertz CT molecular complexity index is 972. The fourth-order valence-corrected chi connectivity index (χ4v) is 3.53. The Morgan fingerprint density at radius 3 is 2.34 bits per heavy atom. The summed E-state index contributed by atoms with van der Waals surface area (Å²) in [6, 6.07) is 10.7. The van der Waals surface area contributed by atoms with Gasteiger partial charge in [0.1, 0.15) is 11.5 Å². The van der Waals surface area contributed by atoms with Gasteiger partial charge in [-0.3, -0.25) is 9.59 Å². The van der Waals surface area contributed by atoms with E-state index >= 15 is 0 Å². The Morgan fingerprint density at radius 2 is 1.76 bits per heavy atom. The number of rotatable bonds is 6. The first-order chi connectivity index (χ1) is 13.9. The number of Topliss-reactive ketones (excluding diaryl/α,β-unsaturated/α-hetero) is 1. The zero-order chi connectivity index (χ0) is 21.1. The van der Waals surface area contributed by atoms with Gasteiger partial charge >= 0.3 is 0 Å². The van der Waals surface area contributed by atoms with Crippen LogP contribution in [0.3, 0.4) is 0 Å². The second-order valence-electron chi connectivity index (χ2n) is 6.39. The molecule has 1 atom stereocenters. The number of hydrogen-bond acceptors (Lipinski definition) is 5. The number of methoxy groups -OCH3 is 2. The maximum atomic E-state index is 12.8. The lowest BCUT2D eigenvalue weighted by Gasteiger charge is -2.25. The van der Waals surface area contributed by atoms with Crippen molar-refractivity contribution in [2.75, 3.05) is 27.4 Å². The number of nitrogens with zero attached hydrogens (tertiary/aromatic N) is 1. The number of likely N-dealkylation sites (tertiary alicyclic amines) is 1. The minimum atomic E-state index is -0.773. The van der Waals surface area contributed by atoms with E-state index in [1.165, 1.54) is 30.2 Å². The predicted molar refractivity (Wildman–Crippen MR) is 110 cm³/mol. The van der Waals surface area contributed by atoms with Crippen LogP contribution in [0, 0.1) is 0 Å². The zero-order valence-corrected chi connectivity index (χ0v) is 17.3. The zero-order valence-electron chi connectivity index (χ0n) is 15.8. The number of ketones is 1. The van der Waals surface area contributed by atoms with Gasteiger partial charge in [0.15, 0.2) is 0 Å². The fourth-order valence-electron chi connectivity index (χ4n) is 3.23. The van der Waals surface area contributed by atoms with E-state index in [1.807, 2.05) is 0 Å². The summed E-state index contributed by atoms with van der Waals surface area (Å²) in [7, 11) is 3.05. The summed E-state index contributed by atoms with van der Waals surface area (Å²) in [5.74, 6) is -1.16. The molecule has 2 aromatic rings. The maximum absolute atomic E-state index is 12.8. The van der Waals surface area contributed by atoms with Crippen molar-refractivity contribution in [3.8, 4) is 5.75 Å². The highest BCUT2D eigenvalue weighted by Gasteiger charge is 2.45. The predicted octanol–water partition coefficient (Wildman–Crippen LogP) is 4.07. The lowest BCUT2D eigenvalue weighted by atomic mass is 9.95. The van der Waals surface area contributed by atoms with Crippen molar-refractivity contribution in [1.82, 2.24) is 4.90 Å². The molecule has 1 amide bonds. The highest BCUT2D eigenvalue weighted by molar-refractivity contribution is 6.46. The average molecular weight is 436 g/mol. The average Bonchev–Trinajstić information content (AvgIpc) is 2.98. The molecule has 152 valence electrons. The van der Waals surface area contributed by atoms with E-state index in [-0.39, 0.29) is 29.5 Å². The lowest BCUT2D eigenvalue weighted by molar-refractivity contribution is -0.140. The Balaban J connectivity index is 2.15. The Morgan fingerprint density at radius 1 is 1.07 bits per heavy atom. The first kappa shape index (κ1) is 21.2. The Labute approximate surface area is 178 Å². The van der Waals surface area contributed by atoms with Crippen molar-refractivity contribution in [2.45, 2.75) is 6.04 Å². The first-order valence-corrected chi connectivity index (χ1v) is 9.51. The summed E-state index contributed by atoms with van der Waals surface area (Å²) in [4.78, 5) is 26.9. The minimum absolute atomic E-state index is 0.0188. The monoisotopic (exact) mass is 435 g/mol. The van der Waals surface area contributed by atoms with E-state index in [1.54, 1.807) is 31.4 Å². The van der Waals surface area contributed by atoms with E-state index in [2.05, 4.69) is 0 Å². The number of aliphatic hydroxyl groups excluding tert-OH is 1. The van der Waals surface area contributed by atoms with Crippen LogP contribution in [0.25, 0.3) is 5.76 Å². The van der Waals surface area contributed by atoms with Crippen LogP contribution in [-0.2, 0) is 14.3 Å². The summed E-state index contributed by atoms with van der Waals surface area (Å²) in [5, 5.41) is 11.5. The molecule has 2 aromatic carbocycles. The van der Waals surface area contributed by atoms with Crippen LogP contribution in [0.1, 0.15) is 17.2 Å². The molecule has 8 heteroatoms. The number of carbonyl (C=O) groups is 2. The summed E-state index contributed by atoms with van der Waals surface area (Å²) in [6.45, 7) is 0.433. The highest BCUT2D eigenvalue weighted by atomic mass is 35.5. The molecule has 3 rings (SSSR count). The van der Waals surface area contributed by atoms with Gasteiger partial charge < -0.3 is 19.5 Å². The molecule has 0 spiro atoms. The molecule has 1 aliphatic heterocycles. The number of aliphatic hydroxyl groups is 1. The van der Waals surface area contributed by atoms with E-state index < -0.39 is 17.7 Å². The molecule has 0 aliphatic carbocycles. The number of ether oxygens (including phenoxy) is 2. The number of amides is 1. The molecule has 1 heterocycles. The summed E-state index contributed by atoms with van der Waals surface area (Å²) >= 11 is 12.0. The third-order valence-corrected chi connectivity index (χ3v) is 5.44. The van der Waals surface area contributed by atoms with Gasteiger partial charge in [-0.1, -0.05) is 35.3 Å². The summed E-state index contributed by atoms with van der Waals surface area (Å²) < 4.78 is 10.3. The number of benzene rings is 2. The van der Waals surface area contributed by atoms with Gasteiger partial charge in [0, 0.05) is 19.2 Å². The minimum Gasteiger partial charge on any atom is -0.507 e. The van der Waals surface area contributed by atoms with Crippen molar-refractivity contribution in [2.24, 2.45) is 0 Å². The standard InChI is InChI=1S/C21H19Cl2NO5/c1-28-10-9-24-18(12-3-6-14(29-2)7-4-12)17(20(26)21(24)27)19(25)13-5-8-15(22)16(23)11-13/h3-8,11,18,25H,9-10H2,1-2H3/b19-17-. The first-order valence-electron chi connectivity index (χ1n) is 8.75. The maximum Gasteiger partial charge on any atom is 0.295 e. The molecule has 29 heavy (non-hydrogen) atoms. The highest BCUT2D eigenvalue weighted by Crippen LogP contribution is 2.40. The van der Waals surface area contributed by atoms with Gasteiger partial charge in [0.05, 0.1) is 35.4 Å².